The smallest absolute Gasteiger partial charge is 0.333 e. The van der Waals surface area contributed by atoms with Crippen LogP contribution >= 0.6 is 0 Å². The van der Waals surface area contributed by atoms with Crippen molar-refractivity contribution in [1.82, 2.24) is 15.1 Å². The summed E-state index contributed by atoms with van der Waals surface area (Å²) in [5.74, 6) is 0.992. The number of nitrogens with one attached hydrogen (secondary N) is 1. The molecule has 2 aliphatic heterocycles. The van der Waals surface area contributed by atoms with Crippen LogP contribution in [0.1, 0.15) is 5.56 Å². The quantitative estimate of drug-likeness (QED) is 0.607. The molecule has 2 aliphatic rings. The van der Waals surface area contributed by atoms with Crippen molar-refractivity contribution in [1.29, 1.82) is 0 Å². The van der Waals surface area contributed by atoms with E-state index in [1.807, 2.05) is 0 Å². The van der Waals surface area contributed by atoms with Crippen LogP contribution < -0.4 is 19.5 Å². The number of carbonyl (C=O) groups excluding carboxylic acids is 3. The third-order valence-corrected chi connectivity index (χ3v) is 4.94. The van der Waals surface area contributed by atoms with E-state index in [9.17, 15) is 14.4 Å². The fourth-order valence-corrected chi connectivity index (χ4v) is 3.33. The normalized spacial score (nSPS) is 18.0. The lowest BCUT2D eigenvalue weighted by Gasteiger charge is -2.30. The van der Waals surface area contributed by atoms with Gasteiger partial charge in [0.2, 0.25) is 5.75 Å². The maximum absolute atomic E-state index is 12.5. The average Bonchev–Trinajstić information content (AvgIpc) is 3.17. The summed E-state index contributed by atoms with van der Waals surface area (Å²) in [6, 6.07) is 2.22. The fourth-order valence-electron chi connectivity index (χ4n) is 3.33. The van der Waals surface area contributed by atoms with Crippen LogP contribution in [0.2, 0.25) is 0 Å². The number of amidine groups is 1. The van der Waals surface area contributed by atoms with E-state index in [0.717, 1.165) is 10.5 Å². The number of urea groups is 1. The molecular weight excluding hydrogens is 394 g/mol. The van der Waals surface area contributed by atoms with Gasteiger partial charge in [0, 0.05) is 20.6 Å². The van der Waals surface area contributed by atoms with Crippen molar-refractivity contribution in [2.75, 3.05) is 42.0 Å². The Morgan fingerprint density at radius 1 is 1.10 bits per heavy atom. The SMILES string of the molecule is COc1cc(CNC(=O)C[N+]2=CN=C3C2C(=O)N(C)C(=O)N3C)cc(OC)c1OC. The van der Waals surface area contributed by atoms with Gasteiger partial charge >= 0.3 is 6.03 Å². The van der Waals surface area contributed by atoms with Gasteiger partial charge in [0.1, 0.15) is 0 Å². The Morgan fingerprint density at radius 2 is 1.73 bits per heavy atom. The Labute approximate surface area is 173 Å². The summed E-state index contributed by atoms with van der Waals surface area (Å²) >= 11 is 0. The first kappa shape index (κ1) is 21.1. The Hall–Kier alpha value is -3.63. The molecule has 3 rings (SSSR count). The highest BCUT2D eigenvalue weighted by Crippen LogP contribution is 2.38. The van der Waals surface area contributed by atoms with Crippen LogP contribution in [-0.4, -0.2) is 92.4 Å². The monoisotopic (exact) mass is 418 g/mol. The number of likely N-dealkylation sites (N-methyl/N-ethyl adjacent to an activating group) is 2. The van der Waals surface area contributed by atoms with Gasteiger partial charge in [-0.15, -0.1) is 0 Å². The maximum Gasteiger partial charge on any atom is 0.333 e. The minimum atomic E-state index is -0.801. The maximum atomic E-state index is 12.5. The second-order valence-corrected chi connectivity index (χ2v) is 6.73. The van der Waals surface area contributed by atoms with Gasteiger partial charge in [0.25, 0.3) is 30.0 Å². The van der Waals surface area contributed by atoms with E-state index in [4.69, 9.17) is 14.2 Å². The van der Waals surface area contributed by atoms with Crippen molar-refractivity contribution < 1.29 is 33.2 Å². The number of benzene rings is 1. The van der Waals surface area contributed by atoms with Gasteiger partial charge in [-0.25, -0.2) is 9.37 Å². The van der Waals surface area contributed by atoms with Crippen LogP contribution in [0, 0.1) is 0 Å². The van der Waals surface area contributed by atoms with Crippen molar-refractivity contribution in [2.24, 2.45) is 4.99 Å². The molecule has 1 unspecified atom stereocenters. The number of hydrogen-bond donors (Lipinski definition) is 1. The molecule has 1 saturated heterocycles. The third kappa shape index (κ3) is 3.65. The lowest BCUT2D eigenvalue weighted by molar-refractivity contribution is -0.519. The molecule has 2 heterocycles. The molecule has 1 fully saturated rings. The number of nitrogens with zero attached hydrogens (tertiary/aromatic N) is 4. The average molecular weight is 418 g/mol. The molecule has 4 amide bonds. The molecule has 0 radical (unpaired) electrons. The predicted molar refractivity (Wildman–Crippen MR) is 106 cm³/mol. The van der Waals surface area contributed by atoms with Crippen LogP contribution in [0.4, 0.5) is 4.79 Å². The molecule has 0 bridgehead atoms. The highest BCUT2D eigenvalue weighted by molar-refractivity contribution is 6.21. The van der Waals surface area contributed by atoms with Gasteiger partial charge in [0.05, 0.1) is 21.3 Å². The van der Waals surface area contributed by atoms with Crippen molar-refractivity contribution in [3.05, 3.63) is 17.7 Å². The Bertz CT molecular complexity index is 932. The standard InChI is InChI=1S/C19H23N5O6/c1-22-17-15(18(26)23(2)19(22)27)24(10-21-17)9-14(25)20-8-11-6-12(28-3)16(30-5)13(7-11)29-4/h6-7,10,15H,8-9H2,1-5H3/p+1. The molecule has 1 atom stereocenters. The van der Waals surface area contributed by atoms with Crippen molar-refractivity contribution >= 4 is 30.0 Å². The zero-order valence-corrected chi connectivity index (χ0v) is 17.5. The predicted octanol–water partition coefficient (Wildman–Crippen LogP) is -0.326. The van der Waals surface area contributed by atoms with Gasteiger partial charge in [-0.2, -0.15) is 0 Å². The van der Waals surface area contributed by atoms with E-state index < -0.39 is 18.0 Å². The Balaban J connectivity index is 1.66. The van der Waals surface area contributed by atoms with Crippen LogP contribution in [0.3, 0.4) is 0 Å². The zero-order chi connectivity index (χ0) is 22.0. The molecule has 160 valence electrons. The third-order valence-electron chi connectivity index (χ3n) is 4.94. The summed E-state index contributed by atoms with van der Waals surface area (Å²) in [7, 11) is 7.48. The number of carbonyl (C=O) groups is 3. The lowest BCUT2D eigenvalue weighted by Crippen LogP contribution is -2.62. The molecule has 30 heavy (non-hydrogen) atoms. The number of fused-ring (bicyclic) bond motifs is 1. The zero-order valence-electron chi connectivity index (χ0n) is 17.5. The Morgan fingerprint density at radius 3 is 2.30 bits per heavy atom. The van der Waals surface area contributed by atoms with E-state index in [1.165, 1.54) is 44.2 Å². The van der Waals surface area contributed by atoms with Crippen LogP contribution in [0.25, 0.3) is 0 Å². The lowest BCUT2D eigenvalue weighted by atomic mass is 10.1. The van der Waals surface area contributed by atoms with Crippen LogP contribution in [0.5, 0.6) is 17.2 Å². The number of imide groups is 1. The molecule has 11 nitrogen and oxygen atoms in total. The largest absolute Gasteiger partial charge is 0.493 e. The highest BCUT2D eigenvalue weighted by Gasteiger charge is 2.50. The summed E-state index contributed by atoms with van der Waals surface area (Å²) in [4.78, 5) is 43.5. The van der Waals surface area contributed by atoms with Crippen molar-refractivity contribution in [3.8, 4) is 17.2 Å². The van der Waals surface area contributed by atoms with E-state index in [0.29, 0.717) is 23.1 Å². The van der Waals surface area contributed by atoms with Crippen LogP contribution in [-0.2, 0) is 16.1 Å². The molecule has 0 spiro atoms. The van der Waals surface area contributed by atoms with E-state index in [2.05, 4.69) is 10.3 Å². The minimum Gasteiger partial charge on any atom is -0.493 e. The van der Waals surface area contributed by atoms with Gasteiger partial charge in [0.15, 0.2) is 18.0 Å². The second-order valence-electron chi connectivity index (χ2n) is 6.73. The number of aliphatic imine (C=N–C) groups is 1. The number of amides is 4. The number of rotatable bonds is 7. The number of ether oxygens (including phenoxy) is 3. The van der Waals surface area contributed by atoms with Crippen molar-refractivity contribution in [2.45, 2.75) is 12.6 Å². The van der Waals surface area contributed by atoms with Gasteiger partial charge in [-0.1, -0.05) is 0 Å². The fraction of sp³-hybridized carbons (Fsp3) is 0.421. The first-order valence-corrected chi connectivity index (χ1v) is 9.10. The molecular formula is C19H24N5O6+. The highest BCUT2D eigenvalue weighted by atomic mass is 16.5. The molecule has 0 aromatic heterocycles. The molecule has 1 aromatic rings. The van der Waals surface area contributed by atoms with Gasteiger partial charge in [-0.3, -0.25) is 19.4 Å². The summed E-state index contributed by atoms with van der Waals surface area (Å²) in [6.45, 7) is 0.123. The first-order chi connectivity index (χ1) is 14.3. The molecule has 0 aliphatic carbocycles. The number of hydrogen-bond acceptors (Lipinski definition) is 7. The first-order valence-electron chi connectivity index (χ1n) is 9.10. The van der Waals surface area contributed by atoms with Crippen molar-refractivity contribution in [3.63, 3.8) is 0 Å². The molecule has 0 saturated carbocycles. The summed E-state index contributed by atoms with van der Waals surface area (Å²) < 4.78 is 17.4. The Kier molecular flexibility index (Phi) is 5.90. The molecule has 11 heteroatoms. The van der Waals surface area contributed by atoms with E-state index >= 15 is 0 Å². The molecule has 1 aromatic carbocycles. The second kappa shape index (κ2) is 8.39. The summed E-state index contributed by atoms with van der Waals surface area (Å²) in [5.41, 5.74) is 0.749. The van der Waals surface area contributed by atoms with Crippen LogP contribution in [0.15, 0.2) is 17.1 Å². The molecule has 1 N–H and O–H groups in total. The van der Waals surface area contributed by atoms with E-state index in [-0.39, 0.29) is 19.0 Å². The summed E-state index contributed by atoms with van der Waals surface area (Å²) in [5, 5.41) is 2.80. The van der Waals surface area contributed by atoms with Gasteiger partial charge < -0.3 is 19.5 Å². The topological polar surface area (TPSA) is 113 Å². The minimum absolute atomic E-state index is 0.0935. The van der Waals surface area contributed by atoms with E-state index in [1.54, 1.807) is 19.2 Å². The van der Waals surface area contributed by atoms with Gasteiger partial charge in [-0.05, 0) is 22.7 Å². The number of methoxy groups -OCH3 is 3. The summed E-state index contributed by atoms with van der Waals surface area (Å²) in [6.07, 6.45) is 1.40.